The summed E-state index contributed by atoms with van der Waals surface area (Å²) in [5.41, 5.74) is 1.93. The molecule has 0 heterocycles. The van der Waals surface area contributed by atoms with Gasteiger partial charge in [-0.25, -0.2) is 0 Å². The van der Waals surface area contributed by atoms with E-state index in [1.807, 2.05) is 54.6 Å². The first-order chi connectivity index (χ1) is 9.29. The Labute approximate surface area is 113 Å². The predicted molar refractivity (Wildman–Crippen MR) is 74.1 cm³/mol. The number of benzene rings is 2. The van der Waals surface area contributed by atoms with Crippen molar-refractivity contribution in [2.75, 3.05) is 13.7 Å². The van der Waals surface area contributed by atoms with Crippen LogP contribution in [0.5, 0.6) is 5.75 Å². The molecule has 3 nitrogen and oxygen atoms in total. The Morgan fingerprint density at radius 3 is 2.32 bits per heavy atom. The highest BCUT2D eigenvalue weighted by Gasteiger charge is 2.07. The molecule has 1 N–H and O–H groups in total. The quantitative estimate of drug-likeness (QED) is 0.865. The molecule has 2 rings (SSSR count). The lowest BCUT2D eigenvalue weighted by Crippen LogP contribution is -2.07. The molecule has 0 radical (unpaired) electrons. The topological polar surface area (TPSA) is 38.7 Å². The van der Waals surface area contributed by atoms with Crippen molar-refractivity contribution in [3.8, 4) is 5.75 Å². The average molecular weight is 258 g/mol. The fourth-order valence-corrected chi connectivity index (χ4v) is 1.78. The van der Waals surface area contributed by atoms with Gasteiger partial charge in [-0.3, -0.25) is 0 Å². The molecular weight excluding hydrogens is 240 g/mol. The molecule has 0 aromatic heterocycles. The molecule has 2 aromatic carbocycles. The molecule has 19 heavy (non-hydrogen) atoms. The second kappa shape index (κ2) is 6.92. The van der Waals surface area contributed by atoms with Gasteiger partial charge in [-0.05, 0) is 23.3 Å². The van der Waals surface area contributed by atoms with Crippen molar-refractivity contribution in [2.24, 2.45) is 0 Å². The number of methoxy groups -OCH3 is 1. The third-order valence-corrected chi connectivity index (χ3v) is 2.89. The van der Waals surface area contributed by atoms with Crippen LogP contribution < -0.4 is 4.74 Å². The third kappa shape index (κ3) is 4.09. The zero-order valence-electron chi connectivity index (χ0n) is 11.0. The van der Waals surface area contributed by atoms with Crippen molar-refractivity contribution >= 4 is 0 Å². The van der Waals surface area contributed by atoms with Crippen LogP contribution in [0.2, 0.25) is 0 Å². The van der Waals surface area contributed by atoms with Gasteiger partial charge in [0, 0.05) is 0 Å². The van der Waals surface area contributed by atoms with Gasteiger partial charge in [-0.15, -0.1) is 0 Å². The van der Waals surface area contributed by atoms with Crippen LogP contribution in [0.3, 0.4) is 0 Å². The first-order valence-corrected chi connectivity index (χ1v) is 6.23. The highest BCUT2D eigenvalue weighted by molar-refractivity contribution is 5.28. The summed E-state index contributed by atoms with van der Waals surface area (Å²) in [6.07, 6.45) is -0.616. The summed E-state index contributed by atoms with van der Waals surface area (Å²) < 4.78 is 10.6. The lowest BCUT2D eigenvalue weighted by Gasteiger charge is -2.12. The minimum absolute atomic E-state index is 0.279. The van der Waals surface area contributed by atoms with Crippen molar-refractivity contribution in [3.63, 3.8) is 0 Å². The van der Waals surface area contributed by atoms with E-state index in [2.05, 4.69) is 0 Å². The normalized spacial score (nSPS) is 12.1. The van der Waals surface area contributed by atoms with E-state index in [0.717, 1.165) is 16.9 Å². The van der Waals surface area contributed by atoms with Crippen molar-refractivity contribution in [3.05, 3.63) is 65.7 Å². The number of rotatable bonds is 6. The van der Waals surface area contributed by atoms with Crippen molar-refractivity contribution in [1.82, 2.24) is 0 Å². The van der Waals surface area contributed by atoms with Crippen molar-refractivity contribution in [2.45, 2.75) is 12.7 Å². The van der Waals surface area contributed by atoms with Gasteiger partial charge in [0.15, 0.2) is 0 Å². The monoisotopic (exact) mass is 258 g/mol. The van der Waals surface area contributed by atoms with Crippen LogP contribution in [0.25, 0.3) is 0 Å². The SMILES string of the molecule is COc1ccc(C(O)COCc2ccccc2)cc1. The summed E-state index contributed by atoms with van der Waals surface area (Å²) in [7, 11) is 1.62. The van der Waals surface area contributed by atoms with Gasteiger partial charge in [-0.2, -0.15) is 0 Å². The maximum absolute atomic E-state index is 10.00. The van der Waals surface area contributed by atoms with E-state index in [9.17, 15) is 5.11 Å². The first-order valence-electron chi connectivity index (χ1n) is 6.23. The minimum Gasteiger partial charge on any atom is -0.497 e. The molecule has 2 aromatic rings. The van der Waals surface area contributed by atoms with Crippen LogP contribution in [0, 0.1) is 0 Å². The zero-order chi connectivity index (χ0) is 13.5. The average Bonchev–Trinajstić information content (AvgIpc) is 2.48. The molecule has 3 heteroatoms. The summed E-state index contributed by atoms with van der Waals surface area (Å²) in [4.78, 5) is 0. The Kier molecular flexibility index (Phi) is 4.95. The molecule has 0 spiro atoms. The van der Waals surface area contributed by atoms with Gasteiger partial charge in [0.25, 0.3) is 0 Å². The fourth-order valence-electron chi connectivity index (χ4n) is 1.78. The molecule has 100 valence electrons. The van der Waals surface area contributed by atoms with E-state index >= 15 is 0 Å². The van der Waals surface area contributed by atoms with Crippen molar-refractivity contribution < 1.29 is 14.6 Å². The Balaban J connectivity index is 1.82. The van der Waals surface area contributed by atoms with Crippen LogP contribution in [0.4, 0.5) is 0 Å². The maximum atomic E-state index is 10.00. The zero-order valence-corrected chi connectivity index (χ0v) is 11.0. The van der Waals surface area contributed by atoms with Gasteiger partial charge < -0.3 is 14.6 Å². The highest BCUT2D eigenvalue weighted by atomic mass is 16.5. The van der Waals surface area contributed by atoms with E-state index in [-0.39, 0.29) is 6.61 Å². The molecule has 0 aliphatic heterocycles. The summed E-state index contributed by atoms with van der Waals surface area (Å²) in [6.45, 7) is 0.787. The fraction of sp³-hybridized carbons (Fsp3) is 0.250. The summed E-state index contributed by atoms with van der Waals surface area (Å²) in [6, 6.07) is 17.3. The van der Waals surface area contributed by atoms with Crippen molar-refractivity contribution in [1.29, 1.82) is 0 Å². The van der Waals surface area contributed by atoms with Crippen LogP contribution in [-0.4, -0.2) is 18.8 Å². The van der Waals surface area contributed by atoms with Gasteiger partial charge in [0.05, 0.1) is 20.3 Å². The van der Waals surface area contributed by atoms with E-state index in [0.29, 0.717) is 6.61 Å². The minimum atomic E-state index is -0.616. The van der Waals surface area contributed by atoms with Crippen LogP contribution in [0.1, 0.15) is 17.2 Å². The predicted octanol–water partition coefficient (Wildman–Crippen LogP) is 2.95. The second-order valence-electron chi connectivity index (χ2n) is 4.29. The number of hydrogen-bond acceptors (Lipinski definition) is 3. The summed E-state index contributed by atoms with van der Waals surface area (Å²) >= 11 is 0. The lowest BCUT2D eigenvalue weighted by atomic mass is 10.1. The standard InChI is InChI=1S/C16H18O3/c1-18-15-9-7-14(8-10-15)16(17)12-19-11-13-5-3-2-4-6-13/h2-10,16-17H,11-12H2,1H3. The molecule has 0 fully saturated rings. The van der Waals surface area contributed by atoms with Crippen LogP contribution in [-0.2, 0) is 11.3 Å². The Bertz CT molecular complexity index is 479. The number of aliphatic hydroxyl groups excluding tert-OH is 1. The summed E-state index contributed by atoms with van der Waals surface area (Å²) in [5.74, 6) is 0.779. The number of hydrogen-bond donors (Lipinski definition) is 1. The Hall–Kier alpha value is -1.84. The molecule has 0 aliphatic carbocycles. The number of ether oxygens (including phenoxy) is 2. The Morgan fingerprint density at radius 1 is 1.00 bits per heavy atom. The van der Waals surface area contributed by atoms with Gasteiger partial charge in [-0.1, -0.05) is 42.5 Å². The van der Waals surface area contributed by atoms with E-state index < -0.39 is 6.10 Å². The highest BCUT2D eigenvalue weighted by Crippen LogP contribution is 2.18. The molecular formula is C16H18O3. The third-order valence-electron chi connectivity index (χ3n) is 2.89. The Morgan fingerprint density at radius 2 is 1.68 bits per heavy atom. The largest absolute Gasteiger partial charge is 0.497 e. The molecule has 0 bridgehead atoms. The van der Waals surface area contributed by atoms with E-state index in [4.69, 9.17) is 9.47 Å². The molecule has 1 unspecified atom stereocenters. The van der Waals surface area contributed by atoms with Gasteiger partial charge in [0.1, 0.15) is 11.9 Å². The molecule has 0 saturated heterocycles. The van der Waals surface area contributed by atoms with Gasteiger partial charge >= 0.3 is 0 Å². The summed E-state index contributed by atoms with van der Waals surface area (Å²) in [5, 5.41) is 10.00. The second-order valence-corrected chi connectivity index (χ2v) is 4.29. The smallest absolute Gasteiger partial charge is 0.118 e. The number of aliphatic hydroxyl groups is 1. The van der Waals surface area contributed by atoms with Gasteiger partial charge in [0.2, 0.25) is 0 Å². The molecule has 0 saturated carbocycles. The van der Waals surface area contributed by atoms with Crippen LogP contribution >= 0.6 is 0 Å². The molecule has 1 atom stereocenters. The van der Waals surface area contributed by atoms with E-state index in [1.165, 1.54) is 0 Å². The van der Waals surface area contributed by atoms with Crippen LogP contribution in [0.15, 0.2) is 54.6 Å². The first kappa shape index (κ1) is 13.6. The molecule has 0 amide bonds. The lowest BCUT2D eigenvalue weighted by molar-refractivity contribution is 0.0277. The molecule has 0 aliphatic rings. The maximum Gasteiger partial charge on any atom is 0.118 e. The van der Waals surface area contributed by atoms with E-state index in [1.54, 1.807) is 7.11 Å².